The maximum Gasteiger partial charge on any atom is 0.326 e. The lowest BCUT2D eigenvalue weighted by Crippen LogP contribution is -2.47. The highest BCUT2D eigenvalue weighted by molar-refractivity contribution is 6.30. The van der Waals surface area contributed by atoms with E-state index in [0.717, 1.165) is 10.8 Å². The minimum absolute atomic E-state index is 0.0861. The Kier molecular flexibility index (Phi) is 6.69. The number of rotatable bonds is 7. The van der Waals surface area contributed by atoms with Gasteiger partial charge in [-0.2, -0.15) is 0 Å². The van der Waals surface area contributed by atoms with Crippen LogP contribution in [0.25, 0.3) is 10.8 Å². The molecular weight excluding hydrogens is 404 g/mol. The van der Waals surface area contributed by atoms with Gasteiger partial charge in [0.25, 0.3) is 0 Å². The Morgan fingerprint density at radius 3 is 2.23 bits per heavy atom. The smallest absolute Gasteiger partial charge is 0.326 e. The van der Waals surface area contributed by atoms with Gasteiger partial charge in [-0.25, -0.2) is 4.79 Å². The van der Waals surface area contributed by atoms with E-state index < -0.39 is 29.9 Å². The van der Waals surface area contributed by atoms with E-state index in [1.165, 1.54) is 6.92 Å². The molecule has 0 spiro atoms. The molecule has 2 atom stereocenters. The molecule has 30 heavy (non-hydrogen) atoms. The molecule has 0 radical (unpaired) electrons. The molecule has 154 valence electrons. The van der Waals surface area contributed by atoms with E-state index in [1.807, 2.05) is 36.4 Å². The van der Waals surface area contributed by atoms with E-state index in [-0.39, 0.29) is 6.42 Å². The zero-order chi connectivity index (χ0) is 21.7. The van der Waals surface area contributed by atoms with Crippen molar-refractivity contribution in [3.8, 4) is 0 Å². The van der Waals surface area contributed by atoms with Gasteiger partial charge in [0.05, 0.1) is 0 Å². The van der Waals surface area contributed by atoms with E-state index in [2.05, 4.69) is 10.6 Å². The molecule has 3 N–H and O–H groups in total. The van der Waals surface area contributed by atoms with E-state index >= 15 is 0 Å². The van der Waals surface area contributed by atoms with Gasteiger partial charge < -0.3 is 15.7 Å². The third kappa shape index (κ3) is 5.36. The minimum Gasteiger partial charge on any atom is -0.480 e. The predicted molar refractivity (Wildman–Crippen MR) is 115 cm³/mol. The number of halogens is 1. The Morgan fingerprint density at radius 1 is 0.933 bits per heavy atom. The lowest BCUT2D eigenvalue weighted by atomic mass is 10.00. The summed E-state index contributed by atoms with van der Waals surface area (Å²) in [4.78, 5) is 36.4. The van der Waals surface area contributed by atoms with Crippen LogP contribution in [-0.4, -0.2) is 28.9 Å². The number of fused-ring (bicyclic) bond motifs is 1. The van der Waals surface area contributed by atoms with Crippen molar-refractivity contribution in [1.29, 1.82) is 0 Å². The summed E-state index contributed by atoms with van der Waals surface area (Å²) in [6.45, 7) is 1.31. The number of hydrogen-bond donors (Lipinski definition) is 3. The van der Waals surface area contributed by atoms with Crippen molar-refractivity contribution >= 4 is 40.2 Å². The molecule has 3 rings (SSSR count). The van der Waals surface area contributed by atoms with E-state index in [4.69, 9.17) is 11.6 Å². The first-order valence-electron chi connectivity index (χ1n) is 9.37. The van der Waals surface area contributed by atoms with Gasteiger partial charge in [0.15, 0.2) is 0 Å². The molecule has 0 fully saturated rings. The number of carbonyl (C=O) groups excluding carboxylic acids is 2. The van der Waals surface area contributed by atoms with Crippen LogP contribution < -0.4 is 10.6 Å². The third-order valence-corrected chi connectivity index (χ3v) is 4.94. The van der Waals surface area contributed by atoms with Gasteiger partial charge in [0.1, 0.15) is 12.1 Å². The van der Waals surface area contributed by atoms with Gasteiger partial charge in [0.2, 0.25) is 11.8 Å². The number of aliphatic carboxylic acids is 1. The van der Waals surface area contributed by atoms with E-state index in [9.17, 15) is 19.5 Å². The monoisotopic (exact) mass is 424 g/mol. The standard InChI is InChI=1S/C23H21ClN2O4/c1-14(27)25-21(18-9-8-16-4-2-3-5-17(16)13-18)22(28)26-20(23(29)30)12-15-6-10-19(24)11-7-15/h2-11,13,20-21H,12H2,1H3,(H,25,27)(H,26,28)(H,29,30)/t20-,21-/m1/s1. The van der Waals surface area contributed by atoms with Crippen LogP contribution in [0.3, 0.4) is 0 Å². The van der Waals surface area contributed by atoms with Crippen molar-refractivity contribution in [2.45, 2.75) is 25.4 Å². The Morgan fingerprint density at radius 2 is 1.60 bits per heavy atom. The Balaban J connectivity index is 1.84. The van der Waals surface area contributed by atoms with Crippen molar-refractivity contribution < 1.29 is 19.5 Å². The van der Waals surface area contributed by atoms with Crippen molar-refractivity contribution in [2.24, 2.45) is 0 Å². The van der Waals surface area contributed by atoms with E-state index in [1.54, 1.807) is 30.3 Å². The molecule has 0 aliphatic heterocycles. The second kappa shape index (κ2) is 9.41. The number of amides is 2. The summed E-state index contributed by atoms with van der Waals surface area (Å²) in [6, 6.07) is 17.6. The fourth-order valence-electron chi connectivity index (χ4n) is 3.20. The third-order valence-electron chi connectivity index (χ3n) is 4.68. The van der Waals surface area contributed by atoms with Gasteiger partial charge in [-0.1, -0.05) is 60.1 Å². The molecular formula is C23H21ClN2O4. The summed E-state index contributed by atoms with van der Waals surface area (Å²) in [5, 5.41) is 17.2. The van der Waals surface area contributed by atoms with Crippen molar-refractivity contribution in [3.05, 3.63) is 82.9 Å². The van der Waals surface area contributed by atoms with Crippen LogP contribution >= 0.6 is 11.6 Å². The zero-order valence-electron chi connectivity index (χ0n) is 16.3. The highest BCUT2D eigenvalue weighted by Gasteiger charge is 2.27. The summed E-state index contributed by atoms with van der Waals surface area (Å²) < 4.78 is 0. The molecule has 0 saturated heterocycles. The fourth-order valence-corrected chi connectivity index (χ4v) is 3.33. The van der Waals surface area contributed by atoms with E-state index in [0.29, 0.717) is 16.1 Å². The summed E-state index contributed by atoms with van der Waals surface area (Å²) in [5.74, 6) is -2.16. The van der Waals surface area contributed by atoms with Crippen LogP contribution in [0.4, 0.5) is 0 Å². The van der Waals surface area contributed by atoms with Gasteiger partial charge >= 0.3 is 5.97 Å². The van der Waals surface area contributed by atoms with Crippen molar-refractivity contribution in [1.82, 2.24) is 10.6 Å². The Hall–Kier alpha value is -3.38. The number of carboxylic acids is 1. The lowest BCUT2D eigenvalue weighted by molar-refractivity contribution is -0.142. The van der Waals surface area contributed by atoms with Gasteiger partial charge in [-0.15, -0.1) is 0 Å². The maximum atomic E-state index is 13.0. The molecule has 0 aromatic heterocycles. The summed E-state index contributed by atoms with van der Waals surface area (Å²) in [5.41, 5.74) is 1.28. The Bertz CT molecular complexity index is 1080. The van der Waals surface area contributed by atoms with Crippen LogP contribution in [0.5, 0.6) is 0 Å². The van der Waals surface area contributed by atoms with Crippen LogP contribution in [0, 0.1) is 0 Å². The molecule has 0 unspecified atom stereocenters. The van der Waals surface area contributed by atoms with Crippen molar-refractivity contribution in [3.63, 3.8) is 0 Å². The SMILES string of the molecule is CC(=O)N[C@@H](C(=O)N[C@H](Cc1ccc(Cl)cc1)C(=O)O)c1ccc2ccccc2c1. The number of hydrogen-bond acceptors (Lipinski definition) is 3. The number of nitrogens with one attached hydrogen (secondary N) is 2. The van der Waals surface area contributed by atoms with Gasteiger partial charge in [-0.3, -0.25) is 9.59 Å². The van der Waals surface area contributed by atoms with Gasteiger partial charge in [-0.05, 0) is 40.1 Å². The first-order chi connectivity index (χ1) is 14.3. The largest absolute Gasteiger partial charge is 0.480 e. The number of benzene rings is 3. The topological polar surface area (TPSA) is 95.5 Å². The normalized spacial score (nSPS) is 12.7. The molecule has 6 nitrogen and oxygen atoms in total. The zero-order valence-corrected chi connectivity index (χ0v) is 17.0. The molecule has 0 bridgehead atoms. The lowest BCUT2D eigenvalue weighted by Gasteiger charge is -2.22. The molecule has 0 aliphatic rings. The molecule has 2 amide bonds. The fraction of sp³-hybridized carbons (Fsp3) is 0.174. The first-order valence-corrected chi connectivity index (χ1v) is 9.74. The minimum atomic E-state index is -1.17. The molecule has 0 saturated carbocycles. The average molecular weight is 425 g/mol. The van der Waals surface area contributed by atoms with Gasteiger partial charge in [0, 0.05) is 18.4 Å². The summed E-state index contributed by atoms with van der Waals surface area (Å²) in [7, 11) is 0. The number of carbonyl (C=O) groups is 3. The summed E-state index contributed by atoms with van der Waals surface area (Å²) >= 11 is 5.87. The highest BCUT2D eigenvalue weighted by Crippen LogP contribution is 2.21. The quantitative estimate of drug-likeness (QED) is 0.541. The average Bonchev–Trinajstić information content (AvgIpc) is 2.72. The first kappa shape index (κ1) is 21.3. The second-order valence-electron chi connectivity index (χ2n) is 6.97. The number of carboxylic acid groups (broad SMARTS) is 1. The van der Waals surface area contributed by atoms with Crippen LogP contribution in [-0.2, 0) is 20.8 Å². The highest BCUT2D eigenvalue weighted by atomic mass is 35.5. The van der Waals surface area contributed by atoms with Crippen LogP contribution in [0.1, 0.15) is 24.1 Å². The molecule has 0 heterocycles. The predicted octanol–water partition coefficient (Wildman–Crippen LogP) is 3.48. The van der Waals surface area contributed by atoms with Crippen molar-refractivity contribution in [2.75, 3.05) is 0 Å². The molecule has 7 heteroatoms. The molecule has 3 aromatic carbocycles. The maximum absolute atomic E-state index is 13.0. The molecule has 3 aromatic rings. The van der Waals surface area contributed by atoms with Crippen LogP contribution in [0.2, 0.25) is 5.02 Å². The molecule has 0 aliphatic carbocycles. The van der Waals surface area contributed by atoms with Crippen LogP contribution in [0.15, 0.2) is 66.7 Å². The summed E-state index contributed by atoms with van der Waals surface area (Å²) in [6.07, 6.45) is 0.0861. The second-order valence-corrected chi connectivity index (χ2v) is 7.41. The Labute approximate surface area is 178 Å².